The number of nitrogens with one attached hydrogen (secondary N) is 2. The highest BCUT2D eigenvalue weighted by Crippen LogP contribution is 2.29. The van der Waals surface area contributed by atoms with Crippen molar-refractivity contribution in [2.45, 2.75) is 70.6 Å². The molecule has 0 radical (unpaired) electrons. The van der Waals surface area contributed by atoms with Crippen LogP contribution in [0.5, 0.6) is 0 Å². The maximum Gasteiger partial charge on any atom is 0.136 e. The van der Waals surface area contributed by atoms with Crippen LogP contribution in [0.2, 0.25) is 0 Å². The van der Waals surface area contributed by atoms with Crippen molar-refractivity contribution in [3.63, 3.8) is 0 Å². The predicted molar refractivity (Wildman–Crippen MR) is 131 cm³/mol. The summed E-state index contributed by atoms with van der Waals surface area (Å²) in [6, 6.07) is 11.2. The Hall–Kier alpha value is -2.57. The number of aromatic nitrogens is 3. The number of para-hydroxylation sites is 1. The first kappa shape index (κ1) is 22.6. The van der Waals surface area contributed by atoms with Gasteiger partial charge in [0.1, 0.15) is 5.82 Å². The second-order valence-corrected chi connectivity index (χ2v) is 8.79. The molecule has 0 spiro atoms. The van der Waals surface area contributed by atoms with E-state index in [9.17, 15) is 0 Å². The Morgan fingerprint density at radius 2 is 1.91 bits per heavy atom. The van der Waals surface area contributed by atoms with Crippen LogP contribution in [0.1, 0.15) is 51.1 Å². The highest BCUT2D eigenvalue weighted by molar-refractivity contribution is 5.88. The second kappa shape index (κ2) is 10.8. The highest BCUT2D eigenvalue weighted by Gasteiger charge is 2.24. The molecule has 1 saturated carbocycles. The van der Waals surface area contributed by atoms with Crippen molar-refractivity contribution in [1.82, 2.24) is 20.3 Å². The normalized spacial score (nSPS) is 16.7. The van der Waals surface area contributed by atoms with E-state index in [1.54, 1.807) is 13.3 Å². The van der Waals surface area contributed by atoms with Gasteiger partial charge in [-0.25, -0.2) is 4.98 Å². The lowest BCUT2D eigenvalue weighted by atomic mass is 9.94. The van der Waals surface area contributed by atoms with Gasteiger partial charge in [0, 0.05) is 42.9 Å². The molecule has 1 aromatic carbocycles. The zero-order valence-electron chi connectivity index (χ0n) is 19.5. The minimum absolute atomic E-state index is 0.0483. The minimum atomic E-state index is 0.0483. The fourth-order valence-electron chi connectivity index (χ4n) is 4.62. The maximum absolute atomic E-state index is 5.93. The summed E-state index contributed by atoms with van der Waals surface area (Å²) in [6.07, 6.45) is 11.2. The molecule has 0 saturated heterocycles. The van der Waals surface area contributed by atoms with Crippen molar-refractivity contribution >= 4 is 16.7 Å². The Bertz CT molecular complexity index is 1000. The number of fused-ring (bicyclic) bond motifs is 1. The molecule has 6 nitrogen and oxygen atoms in total. The van der Waals surface area contributed by atoms with E-state index < -0.39 is 0 Å². The van der Waals surface area contributed by atoms with Crippen molar-refractivity contribution < 1.29 is 4.74 Å². The Morgan fingerprint density at radius 3 is 2.62 bits per heavy atom. The Labute approximate surface area is 191 Å². The van der Waals surface area contributed by atoms with Crippen LogP contribution in [0.15, 0.2) is 42.7 Å². The summed E-state index contributed by atoms with van der Waals surface area (Å²) in [4.78, 5) is 14.0. The average molecular weight is 434 g/mol. The fourth-order valence-corrected chi connectivity index (χ4v) is 4.62. The molecule has 2 aromatic heterocycles. The number of ether oxygens (including phenoxy) is 1. The molecule has 0 unspecified atom stereocenters. The summed E-state index contributed by atoms with van der Waals surface area (Å²) in [5, 5.41) is 8.53. The Balaban J connectivity index is 1.56. The monoisotopic (exact) mass is 433 g/mol. The smallest absolute Gasteiger partial charge is 0.136 e. The molecular weight excluding hydrogens is 398 g/mol. The van der Waals surface area contributed by atoms with E-state index >= 15 is 0 Å². The number of rotatable bonds is 9. The van der Waals surface area contributed by atoms with E-state index in [2.05, 4.69) is 39.7 Å². The number of nitrogens with zero attached hydrogens (tertiary/aromatic N) is 3. The van der Waals surface area contributed by atoms with Gasteiger partial charge in [0.25, 0.3) is 0 Å². The van der Waals surface area contributed by atoms with Gasteiger partial charge < -0.3 is 15.4 Å². The Kier molecular flexibility index (Phi) is 7.66. The molecule has 0 aliphatic heterocycles. The van der Waals surface area contributed by atoms with Gasteiger partial charge in [0.2, 0.25) is 0 Å². The van der Waals surface area contributed by atoms with E-state index in [4.69, 9.17) is 9.72 Å². The van der Waals surface area contributed by atoms with Crippen LogP contribution in [-0.4, -0.2) is 46.8 Å². The van der Waals surface area contributed by atoms with Crippen LogP contribution in [-0.2, 0) is 4.74 Å². The molecule has 1 aliphatic carbocycles. The number of methoxy groups -OCH3 is 1. The summed E-state index contributed by atoms with van der Waals surface area (Å²) >= 11 is 0. The third-order valence-electron chi connectivity index (χ3n) is 6.50. The summed E-state index contributed by atoms with van der Waals surface area (Å²) in [7, 11) is 1.80. The van der Waals surface area contributed by atoms with Crippen LogP contribution in [0.3, 0.4) is 0 Å². The van der Waals surface area contributed by atoms with Crippen molar-refractivity contribution in [3.8, 4) is 11.3 Å². The molecule has 2 heterocycles. The quantitative estimate of drug-likeness (QED) is 0.488. The third kappa shape index (κ3) is 5.43. The molecule has 2 N–H and O–H groups in total. The van der Waals surface area contributed by atoms with Crippen LogP contribution in [0, 0.1) is 6.92 Å². The first-order chi connectivity index (χ1) is 15.7. The van der Waals surface area contributed by atoms with Gasteiger partial charge in [-0.2, -0.15) is 0 Å². The lowest BCUT2D eigenvalue weighted by Crippen LogP contribution is -2.49. The van der Waals surface area contributed by atoms with Crippen molar-refractivity contribution in [2.75, 3.05) is 19.0 Å². The number of pyridine rings is 1. The highest BCUT2D eigenvalue weighted by atomic mass is 16.5. The molecule has 4 rings (SSSR count). The van der Waals surface area contributed by atoms with Gasteiger partial charge in [0.05, 0.1) is 29.2 Å². The third-order valence-corrected chi connectivity index (χ3v) is 6.50. The van der Waals surface area contributed by atoms with Gasteiger partial charge in [-0.1, -0.05) is 44.4 Å². The molecule has 3 aromatic rings. The van der Waals surface area contributed by atoms with Crippen molar-refractivity contribution in [3.05, 3.63) is 48.4 Å². The molecule has 32 heavy (non-hydrogen) atoms. The molecule has 1 aliphatic rings. The van der Waals surface area contributed by atoms with Gasteiger partial charge in [-0.05, 0) is 38.3 Å². The van der Waals surface area contributed by atoms with E-state index in [1.165, 1.54) is 32.1 Å². The summed E-state index contributed by atoms with van der Waals surface area (Å²) in [6.45, 7) is 4.85. The van der Waals surface area contributed by atoms with E-state index in [0.29, 0.717) is 18.6 Å². The lowest BCUT2D eigenvalue weighted by molar-refractivity contribution is 0.0699. The van der Waals surface area contributed by atoms with Gasteiger partial charge in [0.15, 0.2) is 0 Å². The summed E-state index contributed by atoms with van der Waals surface area (Å²) < 4.78 is 5.93. The molecule has 170 valence electrons. The largest absolute Gasteiger partial charge is 0.378 e. The summed E-state index contributed by atoms with van der Waals surface area (Å²) in [5.41, 5.74) is 3.63. The molecule has 1 fully saturated rings. The molecule has 0 bridgehead atoms. The molecule has 0 amide bonds. The number of benzene rings is 1. The molecular formula is C26H35N5O. The van der Waals surface area contributed by atoms with Crippen molar-refractivity contribution in [2.24, 2.45) is 0 Å². The molecule has 2 atom stereocenters. The molecule has 6 heteroatoms. The van der Waals surface area contributed by atoms with Crippen LogP contribution < -0.4 is 10.6 Å². The maximum atomic E-state index is 5.93. The van der Waals surface area contributed by atoms with Gasteiger partial charge in [-0.15, -0.1) is 0 Å². The second-order valence-electron chi connectivity index (χ2n) is 8.79. The van der Waals surface area contributed by atoms with Crippen LogP contribution in [0.25, 0.3) is 22.2 Å². The number of anilines is 1. The van der Waals surface area contributed by atoms with Crippen LogP contribution >= 0.6 is 0 Å². The van der Waals surface area contributed by atoms with Crippen molar-refractivity contribution in [1.29, 1.82) is 0 Å². The van der Waals surface area contributed by atoms with E-state index in [0.717, 1.165) is 40.1 Å². The number of aryl methyl sites for hydroxylation is 1. The summed E-state index contributed by atoms with van der Waals surface area (Å²) in [5.74, 6) is 0.816. The minimum Gasteiger partial charge on any atom is -0.378 e. The Morgan fingerprint density at radius 1 is 1.09 bits per heavy atom. The number of hydrogen-bond acceptors (Lipinski definition) is 6. The first-order valence-electron chi connectivity index (χ1n) is 11.9. The zero-order valence-corrected chi connectivity index (χ0v) is 19.5. The topological polar surface area (TPSA) is 72.0 Å². The zero-order chi connectivity index (χ0) is 22.3. The fraction of sp³-hybridized carbons (Fsp3) is 0.500. The van der Waals surface area contributed by atoms with Gasteiger partial charge >= 0.3 is 0 Å². The van der Waals surface area contributed by atoms with Gasteiger partial charge in [-0.3, -0.25) is 9.97 Å². The SMILES string of the molecule is CC[C@@H](NC1CCCCC1)[C@H](CNc1nc2ccccc2cc1-c1cnc(C)cn1)OC. The number of hydrogen-bond donors (Lipinski definition) is 2. The van der Waals surface area contributed by atoms with Crippen LogP contribution in [0.4, 0.5) is 5.82 Å². The standard InChI is InChI=1S/C26H35N5O/c1-4-22(30-20-11-6-5-7-12-20)25(32-3)17-29-26-21(24-16-27-18(2)15-28-24)14-19-10-8-9-13-23(19)31-26/h8-10,13-16,20,22,25,30H,4-7,11-12,17H2,1-3H3,(H,29,31)/t22-,25+/m1/s1. The average Bonchev–Trinajstić information content (AvgIpc) is 2.84. The lowest BCUT2D eigenvalue weighted by Gasteiger charge is -2.32. The van der Waals surface area contributed by atoms with E-state index in [-0.39, 0.29) is 6.10 Å². The predicted octanol–water partition coefficient (Wildman–Crippen LogP) is 5.13. The first-order valence-corrected chi connectivity index (χ1v) is 11.9. The van der Waals surface area contributed by atoms with E-state index in [1.807, 2.05) is 31.3 Å².